The number of nitrogens with zero attached hydrogens (tertiary/aromatic N) is 5. The van der Waals surface area contributed by atoms with E-state index in [0.717, 1.165) is 45.9 Å². The number of aromatic nitrogens is 3. The van der Waals surface area contributed by atoms with Crippen molar-refractivity contribution in [3.63, 3.8) is 0 Å². The van der Waals surface area contributed by atoms with Gasteiger partial charge in [-0.1, -0.05) is 121 Å². The number of para-hydroxylation sites is 2. The van der Waals surface area contributed by atoms with Crippen LogP contribution in [0.1, 0.15) is 41.6 Å². The first-order chi connectivity index (χ1) is 28.2. The lowest BCUT2D eigenvalue weighted by Crippen LogP contribution is -2.51. The van der Waals surface area contributed by atoms with E-state index in [1.807, 2.05) is 131 Å². The Morgan fingerprint density at radius 3 is 2.22 bits per heavy atom. The summed E-state index contributed by atoms with van der Waals surface area (Å²) in [6.07, 6.45) is 3.08. The number of methoxy groups -OCH3 is 1. The number of aryl methyl sites for hydroxylation is 1. The summed E-state index contributed by atoms with van der Waals surface area (Å²) in [5, 5.41) is 20.6. The van der Waals surface area contributed by atoms with Crippen molar-refractivity contribution in [2.75, 3.05) is 23.5 Å². The fourth-order valence-electron chi connectivity index (χ4n) is 9.40. The second kappa shape index (κ2) is 16.2. The van der Waals surface area contributed by atoms with Crippen LogP contribution in [0.5, 0.6) is 5.75 Å². The number of hydrogen-bond acceptors (Lipinski definition) is 7. The lowest BCUT2D eigenvalue weighted by Gasteiger charge is -2.37. The number of ether oxygens (including phenoxy) is 2. The first-order valence-corrected chi connectivity index (χ1v) is 23.0. The number of carbonyl (C=O) groups excluding carboxylic acids is 2. The molecule has 0 bridgehead atoms. The summed E-state index contributed by atoms with van der Waals surface area (Å²) >= 11 is 0. The quantitative estimate of drug-likeness (QED) is 0.0897. The van der Waals surface area contributed by atoms with Gasteiger partial charge in [0, 0.05) is 35.6 Å². The van der Waals surface area contributed by atoms with E-state index in [1.165, 1.54) is 5.19 Å². The fraction of sp³-hybridized carbons (Fsp3) is 0.277. The molecular formula is C47H49N5O5Si. The number of hydrogen-bond donors (Lipinski definition) is 1. The van der Waals surface area contributed by atoms with Gasteiger partial charge in [0.1, 0.15) is 5.75 Å². The van der Waals surface area contributed by atoms with Crippen molar-refractivity contribution in [3.8, 4) is 5.75 Å². The molecule has 5 aromatic carbocycles. The van der Waals surface area contributed by atoms with Crippen LogP contribution in [0.15, 0.2) is 140 Å². The smallest absolute Gasteiger partial charge is 0.264 e. The van der Waals surface area contributed by atoms with Crippen molar-refractivity contribution in [2.45, 2.75) is 62.7 Å². The maximum atomic E-state index is 15.3. The molecule has 2 aliphatic rings. The fourth-order valence-corrected chi connectivity index (χ4v) is 13.5. The molecule has 5 atom stereocenters. The largest absolute Gasteiger partial charge is 0.497 e. The molecule has 8 rings (SSSR count). The first kappa shape index (κ1) is 39.0. The molecule has 11 heteroatoms. The van der Waals surface area contributed by atoms with Gasteiger partial charge in [-0.2, -0.15) is 0 Å². The third-order valence-electron chi connectivity index (χ3n) is 12.4. The molecule has 10 nitrogen and oxygen atoms in total. The van der Waals surface area contributed by atoms with Crippen LogP contribution < -0.4 is 19.7 Å². The van der Waals surface area contributed by atoms with Crippen LogP contribution in [0, 0.1) is 5.92 Å². The minimum Gasteiger partial charge on any atom is -0.497 e. The second-order valence-corrected chi connectivity index (χ2v) is 20.6. The summed E-state index contributed by atoms with van der Waals surface area (Å²) in [5.74, 6) is 0.307. The molecule has 0 radical (unpaired) electrons. The predicted octanol–water partition coefficient (Wildman–Crippen LogP) is 7.56. The van der Waals surface area contributed by atoms with Crippen molar-refractivity contribution in [1.29, 1.82) is 0 Å². The van der Waals surface area contributed by atoms with Gasteiger partial charge in [-0.05, 0) is 65.6 Å². The number of aliphatic hydroxyl groups excluding tert-OH is 1. The Morgan fingerprint density at radius 2 is 1.55 bits per heavy atom. The van der Waals surface area contributed by atoms with Gasteiger partial charge >= 0.3 is 0 Å². The van der Waals surface area contributed by atoms with E-state index in [-0.39, 0.29) is 36.0 Å². The molecule has 1 saturated heterocycles. The monoisotopic (exact) mass is 791 g/mol. The highest BCUT2D eigenvalue weighted by Gasteiger charge is 2.66. The van der Waals surface area contributed by atoms with Gasteiger partial charge < -0.3 is 19.5 Å². The van der Waals surface area contributed by atoms with Crippen molar-refractivity contribution < 1.29 is 24.2 Å². The van der Waals surface area contributed by atoms with Crippen LogP contribution in [-0.2, 0) is 33.0 Å². The molecule has 1 aromatic heterocycles. The molecule has 296 valence electrons. The van der Waals surface area contributed by atoms with Crippen LogP contribution in [0.2, 0.25) is 18.6 Å². The maximum absolute atomic E-state index is 15.3. The van der Waals surface area contributed by atoms with Crippen LogP contribution in [0.25, 0.3) is 0 Å². The summed E-state index contributed by atoms with van der Waals surface area (Å²) in [7, 11) is -0.684. The molecule has 3 heterocycles. The Bertz CT molecular complexity index is 2360. The molecule has 1 N–H and O–H groups in total. The number of aliphatic hydroxyl groups is 1. The van der Waals surface area contributed by atoms with E-state index in [0.29, 0.717) is 25.2 Å². The van der Waals surface area contributed by atoms with Gasteiger partial charge in [-0.15, -0.1) is 5.10 Å². The molecule has 6 aromatic rings. The number of anilines is 3. The number of carbonyl (C=O) groups is 2. The first-order valence-electron chi connectivity index (χ1n) is 19.9. The highest BCUT2D eigenvalue weighted by atomic mass is 28.3. The zero-order valence-electron chi connectivity index (χ0n) is 33.3. The van der Waals surface area contributed by atoms with Crippen LogP contribution in [-0.4, -0.2) is 60.3 Å². The summed E-state index contributed by atoms with van der Waals surface area (Å²) in [6.45, 7) is 7.77. The molecule has 1 unspecified atom stereocenters. The Hall–Kier alpha value is -5.88. The lowest BCUT2D eigenvalue weighted by atomic mass is 9.82. The van der Waals surface area contributed by atoms with Gasteiger partial charge in [-0.3, -0.25) is 19.2 Å². The Morgan fingerprint density at radius 1 is 0.897 bits per heavy atom. The Labute approximate surface area is 340 Å². The normalized spacial score (nSPS) is 20.6. The number of amides is 2. The topological polar surface area (TPSA) is 110 Å². The van der Waals surface area contributed by atoms with E-state index < -0.39 is 13.7 Å². The Balaban J connectivity index is 1.11. The van der Waals surface area contributed by atoms with Crippen molar-refractivity contribution in [2.24, 2.45) is 5.92 Å². The molecular weight excluding hydrogens is 743 g/mol. The summed E-state index contributed by atoms with van der Waals surface area (Å²) < 4.78 is 14.7. The number of rotatable bonds is 14. The zero-order valence-corrected chi connectivity index (χ0v) is 34.3. The molecule has 1 spiro atoms. The average Bonchev–Trinajstić information content (AvgIpc) is 3.92. The SMILES string of the molecule is COc1ccc([Si](C)(C)[C@H]2[C@H](CCn3cc(C(CO)c4ccccc4)nn3)O[C@@]3(C(=O)N(Cc4ccc(N(C=O)c5ccccc5)cc4)c4ccccc43)[C@@H]2C)cc1. The standard InChI is InChI=1S/C47H49N5O5Si/c1-33-45(58(3,4)39-25-23-38(56-2)24-26-39)44(27-28-50-30-42(48-49-50)40(31-53)35-13-7-5-8-14-35)57-47(33)41-17-11-12-18-43(41)51(46(47)55)29-34-19-21-37(22-20-34)52(32-54)36-15-9-6-10-16-36/h5-26,30,32-33,40,44-45,53H,27-29,31H2,1-4H3/t33-,40?,44+,45-,47+/m1/s1. The second-order valence-electron chi connectivity index (χ2n) is 15.9. The summed E-state index contributed by atoms with van der Waals surface area (Å²) in [5.41, 5.74) is 4.75. The molecule has 58 heavy (non-hydrogen) atoms. The highest BCUT2D eigenvalue weighted by Crippen LogP contribution is 2.60. The minimum atomic E-state index is -2.36. The predicted molar refractivity (Wildman–Crippen MR) is 228 cm³/mol. The van der Waals surface area contributed by atoms with Crippen molar-refractivity contribution >= 4 is 42.6 Å². The van der Waals surface area contributed by atoms with E-state index >= 15 is 4.79 Å². The number of fused-ring (bicyclic) bond motifs is 2. The van der Waals surface area contributed by atoms with Crippen molar-refractivity contribution in [3.05, 3.63) is 162 Å². The van der Waals surface area contributed by atoms with E-state index in [1.54, 1.807) is 12.0 Å². The van der Waals surface area contributed by atoms with Gasteiger partial charge in [0.05, 0.1) is 51.7 Å². The summed E-state index contributed by atoms with van der Waals surface area (Å²) in [4.78, 5) is 30.9. The van der Waals surface area contributed by atoms with E-state index in [2.05, 4.69) is 48.5 Å². The molecule has 2 aliphatic heterocycles. The van der Waals surface area contributed by atoms with Gasteiger partial charge in [0.25, 0.3) is 5.91 Å². The molecule has 1 fully saturated rings. The lowest BCUT2D eigenvalue weighted by molar-refractivity contribution is -0.146. The van der Waals surface area contributed by atoms with Crippen LogP contribution in [0.4, 0.5) is 17.1 Å². The summed E-state index contributed by atoms with van der Waals surface area (Å²) in [6, 6.07) is 43.6. The third-order valence-corrected chi connectivity index (χ3v) is 16.7. The van der Waals surface area contributed by atoms with Crippen molar-refractivity contribution in [1.82, 2.24) is 15.0 Å². The highest BCUT2D eigenvalue weighted by molar-refractivity contribution is 6.91. The zero-order chi connectivity index (χ0) is 40.4. The van der Waals surface area contributed by atoms with E-state index in [9.17, 15) is 9.90 Å². The van der Waals surface area contributed by atoms with Gasteiger partial charge in [0.15, 0.2) is 5.60 Å². The van der Waals surface area contributed by atoms with Gasteiger partial charge in [-0.25, -0.2) is 0 Å². The third kappa shape index (κ3) is 6.93. The van der Waals surface area contributed by atoms with E-state index in [4.69, 9.17) is 9.47 Å². The minimum absolute atomic E-state index is 0.0574. The maximum Gasteiger partial charge on any atom is 0.264 e. The molecule has 2 amide bonds. The van der Waals surface area contributed by atoms with Crippen LogP contribution in [0.3, 0.4) is 0 Å². The molecule has 0 aliphatic carbocycles. The number of benzene rings is 5. The molecule has 0 saturated carbocycles. The van der Waals surface area contributed by atoms with Crippen LogP contribution >= 0.6 is 0 Å². The average molecular weight is 792 g/mol. The van der Waals surface area contributed by atoms with Gasteiger partial charge in [0.2, 0.25) is 6.41 Å². The Kier molecular flexibility index (Phi) is 10.9.